The number of nitrogens with zero attached hydrogens (tertiary/aromatic N) is 3. The van der Waals surface area contributed by atoms with E-state index in [0.717, 1.165) is 36.7 Å². The minimum absolute atomic E-state index is 0. The van der Waals surface area contributed by atoms with Crippen LogP contribution in [0.2, 0.25) is 0 Å². The molecule has 0 radical (unpaired) electrons. The normalized spacial score (nSPS) is 23.0. The van der Waals surface area contributed by atoms with Crippen molar-refractivity contribution in [3.05, 3.63) is 23.9 Å². The summed E-state index contributed by atoms with van der Waals surface area (Å²) in [5.74, 6) is 2.05. The Labute approximate surface area is 185 Å². The molecule has 2 fully saturated rings. The standard InChI is InChI=1S/C20H33N5S.HI/c1-3-21-20(24-17-7-8-18(14-17)26-2)23-15-16-9-10-22-19(13-16)25-11-5-4-6-12-25;/h9-10,13,17-18H,3-8,11-12,14-15H2,1-2H3,(H2,21,23,24);1H. The average Bonchev–Trinajstić information content (AvgIpc) is 3.15. The molecule has 2 heterocycles. The van der Waals surface area contributed by atoms with Crippen LogP contribution in [0.15, 0.2) is 23.3 Å². The van der Waals surface area contributed by atoms with E-state index in [1.807, 2.05) is 18.0 Å². The first-order valence-electron chi connectivity index (χ1n) is 10.1. The van der Waals surface area contributed by atoms with Gasteiger partial charge in [-0.05, 0) is 69.4 Å². The Bertz CT molecular complexity index is 591. The lowest BCUT2D eigenvalue weighted by Crippen LogP contribution is -2.42. The molecule has 3 rings (SSSR count). The van der Waals surface area contributed by atoms with Crippen LogP contribution in [-0.2, 0) is 6.54 Å². The third-order valence-electron chi connectivity index (χ3n) is 5.31. The molecule has 2 unspecified atom stereocenters. The molecule has 2 aliphatic rings. The minimum Gasteiger partial charge on any atom is -0.357 e. The number of hydrogen-bond acceptors (Lipinski definition) is 4. The first-order valence-corrected chi connectivity index (χ1v) is 11.3. The molecule has 1 aliphatic carbocycles. The molecule has 7 heteroatoms. The molecule has 1 aromatic rings. The molecule has 0 aromatic carbocycles. The molecule has 27 heavy (non-hydrogen) atoms. The van der Waals surface area contributed by atoms with Gasteiger partial charge >= 0.3 is 0 Å². The van der Waals surface area contributed by atoms with Crippen molar-refractivity contribution in [3.63, 3.8) is 0 Å². The summed E-state index contributed by atoms with van der Waals surface area (Å²) in [5, 5.41) is 7.82. The van der Waals surface area contributed by atoms with Gasteiger partial charge in [0.1, 0.15) is 5.82 Å². The van der Waals surface area contributed by atoms with Crippen LogP contribution in [0.3, 0.4) is 0 Å². The summed E-state index contributed by atoms with van der Waals surface area (Å²) < 4.78 is 0. The maximum atomic E-state index is 4.83. The van der Waals surface area contributed by atoms with E-state index < -0.39 is 0 Å². The molecule has 1 saturated carbocycles. The summed E-state index contributed by atoms with van der Waals surface area (Å²) in [5.41, 5.74) is 1.23. The Hall–Kier alpha value is -0.700. The fraction of sp³-hybridized carbons (Fsp3) is 0.700. The van der Waals surface area contributed by atoms with Gasteiger partial charge in [0.05, 0.1) is 6.54 Å². The van der Waals surface area contributed by atoms with Crippen molar-refractivity contribution in [1.29, 1.82) is 0 Å². The monoisotopic (exact) mass is 503 g/mol. The fourth-order valence-electron chi connectivity index (χ4n) is 3.82. The Morgan fingerprint density at radius 3 is 2.81 bits per heavy atom. The number of guanidine groups is 1. The number of aromatic nitrogens is 1. The highest BCUT2D eigenvalue weighted by molar-refractivity contribution is 14.0. The van der Waals surface area contributed by atoms with Crippen LogP contribution in [-0.4, -0.2) is 48.1 Å². The molecule has 1 aliphatic heterocycles. The number of piperidine rings is 1. The van der Waals surface area contributed by atoms with E-state index in [2.05, 4.69) is 45.8 Å². The lowest BCUT2D eigenvalue weighted by atomic mass is 10.1. The maximum Gasteiger partial charge on any atom is 0.191 e. The van der Waals surface area contributed by atoms with E-state index in [1.54, 1.807) is 0 Å². The number of nitrogens with one attached hydrogen (secondary N) is 2. The van der Waals surface area contributed by atoms with Crippen LogP contribution >= 0.6 is 35.7 Å². The van der Waals surface area contributed by atoms with Crippen LogP contribution in [0.4, 0.5) is 5.82 Å². The van der Waals surface area contributed by atoms with Gasteiger partial charge < -0.3 is 15.5 Å². The van der Waals surface area contributed by atoms with Gasteiger partial charge in [-0.3, -0.25) is 0 Å². The zero-order valence-corrected chi connectivity index (χ0v) is 19.8. The van der Waals surface area contributed by atoms with Gasteiger partial charge in [0, 0.05) is 37.1 Å². The van der Waals surface area contributed by atoms with Crippen molar-refractivity contribution in [2.45, 2.75) is 63.3 Å². The SMILES string of the molecule is CCNC(=NCc1ccnc(N2CCCCC2)c1)NC1CCC(SC)C1.I. The Morgan fingerprint density at radius 1 is 1.30 bits per heavy atom. The smallest absolute Gasteiger partial charge is 0.191 e. The molecule has 1 aromatic heterocycles. The Morgan fingerprint density at radius 2 is 2.11 bits per heavy atom. The molecule has 2 atom stereocenters. The molecule has 152 valence electrons. The van der Waals surface area contributed by atoms with E-state index in [0.29, 0.717) is 12.6 Å². The summed E-state index contributed by atoms with van der Waals surface area (Å²) in [6.07, 6.45) is 11.8. The van der Waals surface area contributed by atoms with E-state index in [9.17, 15) is 0 Å². The van der Waals surface area contributed by atoms with Crippen molar-refractivity contribution >= 4 is 47.5 Å². The quantitative estimate of drug-likeness (QED) is 0.349. The molecule has 1 saturated heterocycles. The second kappa shape index (κ2) is 12.0. The second-order valence-corrected chi connectivity index (χ2v) is 8.42. The molecule has 0 bridgehead atoms. The number of anilines is 1. The van der Waals surface area contributed by atoms with Crippen LogP contribution in [0, 0.1) is 0 Å². The van der Waals surface area contributed by atoms with Crippen molar-refractivity contribution in [2.75, 3.05) is 30.8 Å². The first-order chi connectivity index (χ1) is 12.8. The van der Waals surface area contributed by atoms with E-state index in [4.69, 9.17) is 4.99 Å². The van der Waals surface area contributed by atoms with Crippen molar-refractivity contribution < 1.29 is 0 Å². The fourth-order valence-corrected chi connectivity index (χ4v) is 4.62. The molecule has 0 amide bonds. The van der Waals surface area contributed by atoms with Gasteiger partial charge in [-0.15, -0.1) is 24.0 Å². The highest BCUT2D eigenvalue weighted by Gasteiger charge is 2.24. The number of hydrogen-bond donors (Lipinski definition) is 2. The van der Waals surface area contributed by atoms with Crippen LogP contribution < -0.4 is 15.5 Å². The predicted molar refractivity (Wildman–Crippen MR) is 129 cm³/mol. The van der Waals surface area contributed by atoms with Gasteiger partial charge in [-0.25, -0.2) is 9.98 Å². The summed E-state index contributed by atoms with van der Waals surface area (Å²) in [6.45, 7) is 5.96. The Kier molecular flexibility index (Phi) is 10.0. The Balaban J connectivity index is 0.00000261. The highest BCUT2D eigenvalue weighted by Crippen LogP contribution is 2.28. The molecule has 2 N–H and O–H groups in total. The molecule has 5 nitrogen and oxygen atoms in total. The zero-order chi connectivity index (χ0) is 18.2. The van der Waals surface area contributed by atoms with Gasteiger partial charge in [-0.1, -0.05) is 0 Å². The zero-order valence-electron chi connectivity index (χ0n) is 16.6. The number of halogens is 1. The second-order valence-electron chi connectivity index (χ2n) is 7.28. The third kappa shape index (κ3) is 7.00. The number of aliphatic imine (C=N–C) groups is 1. The molecular weight excluding hydrogens is 469 g/mol. The van der Waals surface area contributed by atoms with Crippen LogP contribution in [0.5, 0.6) is 0 Å². The number of thioether (sulfide) groups is 1. The summed E-state index contributed by atoms with van der Waals surface area (Å²) in [7, 11) is 0. The highest BCUT2D eigenvalue weighted by atomic mass is 127. The van der Waals surface area contributed by atoms with Crippen molar-refractivity contribution in [3.8, 4) is 0 Å². The summed E-state index contributed by atoms with van der Waals surface area (Å²) in [4.78, 5) is 11.8. The number of pyridine rings is 1. The summed E-state index contributed by atoms with van der Waals surface area (Å²) >= 11 is 1.99. The lowest BCUT2D eigenvalue weighted by molar-refractivity contribution is 0.573. The van der Waals surface area contributed by atoms with Crippen LogP contribution in [0.25, 0.3) is 0 Å². The van der Waals surface area contributed by atoms with Crippen LogP contribution in [0.1, 0.15) is 51.0 Å². The van der Waals surface area contributed by atoms with Gasteiger partial charge in [0.25, 0.3) is 0 Å². The average molecular weight is 503 g/mol. The van der Waals surface area contributed by atoms with Gasteiger partial charge in [0.2, 0.25) is 0 Å². The predicted octanol–water partition coefficient (Wildman–Crippen LogP) is 4.03. The third-order valence-corrected chi connectivity index (χ3v) is 6.41. The van der Waals surface area contributed by atoms with E-state index >= 15 is 0 Å². The first kappa shape index (κ1) is 22.6. The van der Waals surface area contributed by atoms with Crippen molar-refractivity contribution in [2.24, 2.45) is 4.99 Å². The minimum atomic E-state index is 0. The van der Waals surface area contributed by atoms with Gasteiger partial charge in [0.15, 0.2) is 5.96 Å². The summed E-state index contributed by atoms with van der Waals surface area (Å²) in [6, 6.07) is 4.84. The van der Waals surface area contributed by atoms with Crippen molar-refractivity contribution in [1.82, 2.24) is 15.6 Å². The molecule has 0 spiro atoms. The molecular formula is C20H34IN5S. The lowest BCUT2D eigenvalue weighted by Gasteiger charge is -2.27. The topological polar surface area (TPSA) is 52.6 Å². The largest absolute Gasteiger partial charge is 0.357 e. The number of rotatable bonds is 6. The van der Waals surface area contributed by atoms with E-state index in [1.165, 1.54) is 44.1 Å². The van der Waals surface area contributed by atoms with Gasteiger partial charge in [-0.2, -0.15) is 11.8 Å². The van der Waals surface area contributed by atoms with E-state index in [-0.39, 0.29) is 24.0 Å². The maximum absolute atomic E-state index is 4.83.